The molecule has 3 heteroatoms. The molecule has 92 valence electrons. The molecule has 0 bridgehead atoms. The fourth-order valence-corrected chi connectivity index (χ4v) is 1.32. The molecule has 1 rings (SSSR count). The van der Waals surface area contributed by atoms with Gasteiger partial charge < -0.3 is 9.73 Å². The van der Waals surface area contributed by atoms with Crippen LogP contribution in [0.1, 0.15) is 53.2 Å². The van der Waals surface area contributed by atoms with Gasteiger partial charge in [-0.15, -0.1) is 0 Å². The number of hydrogen-bond donors (Lipinski definition) is 1. The quantitative estimate of drug-likeness (QED) is 0.858. The molecule has 0 amide bonds. The molecular formula is C13H24N2O. The normalized spacial score (nSPS) is 13.1. The summed E-state index contributed by atoms with van der Waals surface area (Å²) in [5, 5.41) is 3.42. The van der Waals surface area contributed by atoms with Gasteiger partial charge in [0.1, 0.15) is 5.76 Å². The van der Waals surface area contributed by atoms with Gasteiger partial charge >= 0.3 is 0 Å². The van der Waals surface area contributed by atoms with E-state index >= 15 is 0 Å². The third-order valence-electron chi connectivity index (χ3n) is 2.29. The Morgan fingerprint density at radius 1 is 1.19 bits per heavy atom. The summed E-state index contributed by atoms with van der Waals surface area (Å²) in [6, 6.07) is 0. The Hall–Kier alpha value is -0.830. The molecule has 0 aromatic carbocycles. The average Bonchev–Trinajstić information content (AvgIpc) is 2.49. The SMILES string of the molecule is CC(C)(C)NCCc1ncc(C(C)(C)C)o1. The summed E-state index contributed by atoms with van der Waals surface area (Å²) in [5.74, 6) is 1.78. The molecule has 1 aromatic heterocycles. The first-order valence-corrected chi connectivity index (χ1v) is 5.89. The van der Waals surface area contributed by atoms with Crippen molar-refractivity contribution in [2.75, 3.05) is 6.54 Å². The van der Waals surface area contributed by atoms with Crippen molar-refractivity contribution < 1.29 is 4.42 Å². The number of oxazole rings is 1. The van der Waals surface area contributed by atoms with E-state index in [0.29, 0.717) is 0 Å². The third-order valence-corrected chi connectivity index (χ3v) is 2.29. The van der Waals surface area contributed by atoms with E-state index in [1.807, 2.05) is 6.20 Å². The van der Waals surface area contributed by atoms with Gasteiger partial charge in [0.15, 0.2) is 5.89 Å². The highest BCUT2D eigenvalue weighted by molar-refractivity contribution is 5.06. The molecule has 1 heterocycles. The van der Waals surface area contributed by atoms with E-state index in [1.165, 1.54) is 0 Å². The summed E-state index contributed by atoms with van der Waals surface area (Å²) in [6.07, 6.45) is 2.68. The molecule has 0 aliphatic carbocycles. The lowest BCUT2D eigenvalue weighted by Gasteiger charge is -2.19. The van der Waals surface area contributed by atoms with Crippen LogP contribution in [-0.2, 0) is 11.8 Å². The van der Waals surface area contributed by atoms with Crippen LogP contribution in [0.25, 0.3) is 0 Å². The van der Waals surface area contributed by atoms with Crippen molar-refractivity contribution in [2.45, 2.75) is 58.9 Å². The molecule has 0 spiro atoms. The summed E-state index contributed by atoms with van der Waals surface area (Å²) in [7, 11) is 0. The van der Waals surface area contributed by atoms with Gasteiger partial charge in [-0.25, -0.2) is 4.98 Å². The number of hydrogen-bond acceptors (Lipinski definition) is 3. The van der Waals surface area contributed by atoms with Gasteiger partial charge in [0.25, 0.3) is 0 Å². The molecular weight excluding hydrogens is 200 g/mol. The van der Waals surface area contributed by atoms with Gasteiger partial charge in [0.2, 0.25) is 0 Å². The van der Waals surface area contributed by atoms with Crippen LogP contribution in [0.4, 0.5) is 0 Å². The van der Waals surface area contributed by atoms with E-state index in [4.69, 9.17) is 4.42 Å². The third kappa shape index (κ3) is 4.35. The van der Waals surface area contributed by atoms with Crippen molar-refractivity contribution in [1.82, 2.24) is 10.3 Å². The molecule has 3 nitrogen and oxygen atoms in total. The molecule has 0 aliphatic heterocycles. The highest BCUT2D eigenvalue weighted by Gasteiger charge is 2.19. The van der Waals surface area contributed by atoms with E-state index in [0.717, 1.165) is 24.6 Å². The molecule has 0 saturated carbocycles. The van der Waals surface area contributed by atoms with Crippen molar-refractivity contribution in [3.8, 4) is 0 Å². The molecule has 16 heavy (non-hydrogen) atoms. The van der Waals surface area contributed by atoms with Crippen LogP contribution < -0.4 is 5.32 Å². The number of nitrogens with zero attached hydrogens (tertiary/aromatic N) is 1. The summed E-state index contributed by atoms with van der Waals surface area (Å²) in [4.78, 5) is 4.30. The zero-order chi connectivity index (χ0) is 12.4. The second-order valence-electron chi connectivity index (χ2n) is 6.30. The average molecular weight is 224 g/mol. The standard InChI is InChI=1S/C13H24N2O/c1-12(2,3)10-9-14-11(16-10)7-8-15-13(4,5)6/h9,15H,7-8H2,1-6H3. The summed E-state index contributed by atoms with van der Waals surface area (Å²) in [6.45, 7) is 13.8. The predicted octanol–water partition coefficient (Wildman–Crippen LogP) is 2.90. The second-order valence-corrected chi connectivity index (χ2v) is 6.30. The predicted molar refractivity (Wildman–Crippen MR) is 66.7 cm³/mol. The maximum Gasteiger partial charge on any atom is 0.195 e. The Bertz CT molecular complexity index is 328. The van der Waals surface area contributed by atoms with Gasteiger partial charge in [-0.1, -0.05) is 20.8 Å². The van der Waals surface area contributed by atoms with Gasteiger partial charge in [0.05, 0.1) is 6.20 Å². The van der Waals surface area contributed by atoms with E-state index in [2.05, 4.69) is 51.8 Å². The minimum atomic E-state index is 0.0444. The maximum atomic E-state index is 5.71. The first-order valence-electron chi connectivity index (χ1n) is 5.89. The largest absolute Gasteiger partial charge is 0.445 e. The Labute approximate surface area is 98.6 Å². The Balaban J connectivity index is 2.48. The Morgan fingerprint density at radius 2 is 1.81 bits per heavy atom. The van der Waals surface area contributed by atoms with Crippen LogP contribution in [0, 0.1) is 0 Å². The molecule has 1 aromatic rings. The lowest BCUT2D eigenvalue weighted by Crippen LogP contribution is -2.37. The highest BCUT2D eigenvalue weighted by Crippen LogP contribution is 2.22. The maximum absolute atomic E-state index is 5.71. The lowest BCUT2D eigenvalue weighted by molar-refractivity contribution is 0.368. The first kappa shape index (κ1) is 13.2. The molecule has 0 unspecified atom stereocenters. The lowest BCUT2D eigenvalue weighted by atomic mass is 9.94. The minimum absolute atomic E-state index is 0.0444. The fourth-order valence-electron chi connectivity index (χ4n) is 1.32. The molecule has 1 N–H and O–H groups in total. The molecule has 0 fully saturated rings. The van der Waals surface area contributed by atoms with Crippen LogP contribution >= 0.6 is 0 Å². The van der Waals surface area contributed by atoms with Crippen molar-refractivity contribution in [3.63, 3.8) is 0 Å². The summed E-state index contributed by atoms with van der Waals surface area (Å²) >= 11 is 0. The van der Waals surface area contributed by atoms with Crippen molar-refractivity contribution in [3.05, 3.63) is 17.8 Å². The first-order chi connectivity index (χ1) is 7.18. The molecule has 0 saturated heterocycles. The van der Waals surface area contributed by atoms with Gasteiger partial charge in [-0.3, -0.25) is 0 Å². The molecule has 0 atom stereocenters. The number of aromatic nitrogens is 1. The van der Waals surface area contributed by atoms with Crippen LogP contribution in [0.15, 0.2) is 10.6 Å². The van der Waals surface area contributed by atoms with Gasteiger partial charge in [0, 0.05) is 23.9 Å². The summed E-state index contributed by atoms with van der Waals surface area (Å²) < 4.78 is 5.71. The minimum Gasteiger partial charge on any atom is -0.445 e. The summed E-state index contributed by atoms with van der Waals surface area (Å²) in [5.41, 5.74) is 0.197. The van der Waals surface area contributed by atoms with Crippen LogP contribution in [0.3, 0.4) is 0 Å². The Morgan fingerprint density at radius 3 is 2.25 bits per heavy atom. The smallest absolute Gasteiger partial charge is 0.195 e. The second kappa shape index (κ2) is 4.58. The van der Waals surface area contributed by atoms with Crippen LogP contribution in [0.2, 0.25) is 0 Å². The fraction of sp³-hybridized carbons (Fsp3) is 0.769. The van der Waals surface area contributed by atoms with E-state index in [9.17, 15) is 0 Å². The highest BCUT2D eigenvalue weighted by atomic mass is 16.4. The zero-order valence-corrected chi connectivity index (χ0v) is 11.3. The van der Waals surface area contributed by atoms with Crippen molar-refractivity contribution in [1.29, 1.82) is 0 Å². The van der Waals surface area contributed by atoms with E-state index in [-0.39, 0.29) is 11.0 Å². The topological polar surface area (TPSA) is 38.1 Å². The Kier molecular flexibility index (Phi) is 3.79. The number of nitrogens with one attached hydrogen (secondary N) is 1. The van der Waals surface area contributed by atoms with Crippen molar-refractivity contribution >= 4 is 0 Å². The monoisotopic (exact) mass is 224 g/mol. The van der Waals surface area contributed by atoms with E-state index in [1.54, 1.807) is 0 Å². The molecule has 0 aliphatic rings. The van der Waals surface area contributed by atoms with Crippen LogP contribution in [-0.4, -0.2) is 17.1 Å². The number of rotatable bonds is 3. The van der Waals surface area contributed by atoms with Crippen LogP contribution in [0.5, 0.6) is 0 Å². The molecule has 0 radical (unpaired) electrons. The van der Waals surface area contributed by atoms with E-state index < -0.39 is 0 Å². The van der Waals surface area contributed by atoms with Gasteiger partial charge in [-0.2, -0.15) is 0 Å². The zero-order valence-electron chi connectivity index (χ0n) is 11.3. The van der Waals surface area contributed by atoms with Crippen molar-refractivity contribution in [2.24, 2.45) is 0 Å². The van der Waals surface area contributed by atoms with Gasteiger partial charge in [-0.05, 0) is 20.8 Å².